The van der Waals surface area contributed by atoms with Crippen molar-refractivity contribution in [2.75, 3.05) is 13.2 Å². The smallest absolute Gasteiger partial charge is 0.432 e. The lowest BCUT2D eigenvalue weighted by atomic mass is 9.64. The Morgan fingerprint density at radius 1 is 0.879 bits per heavy atom. The number of halogens is 6. The van der Waals surface area contributed by atoms with Crippen LogP contribution in [0.25, 0.3) is 0 Å². The number of aryl methyl sites for hydroxylation is 1. The van der Waals surface area contributed by atoms with E-state index in [-0.39, 0.29) is 5.56 Å². The molecule has 1 saturated heterocycles. The summed E-state index contributed by atoms with van der Waals surface area (Å²) in [5, 5.41) is 21.8. The van der Waals surface area contributed by atoms with Crippen LogP contribution < -0.4 is 5.32 Å². The fraction of sp³-hybridized carbons (Fsp3) is 0.600. The van der Waals surface area contributed by atoms with Gasteiger partial charge in [0.2, 0.25) is 11.4 Å². The minimum Gasteiger partial charge on any atom is -0.466 e. The number of hydrogen-bond acceptors (Lipinski definition) is 7. The van der Waals surface area contributed by atoms with Crippen LogP contribution in [0.5, 0.6) is 0 Å². The van der Waals surface area contributed by atoms with Crippen LogP contribution in [0.3, 0.4) is 0 Å². The lowest BCUT2D eigenvalue weighted by Crippen LogP contribution is -2.81. The van der Waals surface area contributed by atoms with Gasteiger partial charge >= 0.3 is 24.3 Å². The summed E-state index contributed by atoms with van der Waals surface area (Å²) >= 11 is 0. The van der Waals surface area contributed by atoms with Crippen LogP contribution in [0.1, 0.15) is 30.9 Å². The maximum absolute atomic E-state index is 14.0. The summed E-state index contributed by atoms with van der Waals surface area (Å²) in [5.41, 5.74) is -9.04. The SMILES string of the molecule is CCOC(=O)C1C(c2ccc(C)cc2)[C@@H](C(=O)OCC)[C@@](O)(C(F)(F)F)N[C@@]1(O)C(F)(F)F. The van der Waals surface area contributed by atoms with Gasteiger partial charge in [0.1, 0.15) is 11.8 Å². The molecule has 0 bridgehead atoms. The van der Waals surface area contributed by atoms with E-state index in [1.807, 2.05) is 0 Å². The Morgan fingerprint density at radius 2 is 1.24 bits per heavy atom. The van der Waals surface area contributed by atoms with Gasteiger partial charge in [0, 0.05) is 5.92 Å². The van der Waals surface area contributed by atoms with Gasteiger partial charge < -0.3 is 19.7 Å². The van der Waals surface area contributed by atoms with E-state index in [0.717, 1.165) is 17.4 Å². The number of ether oxygens (including phenoxy) is 2. The molecule has 1 aromatic carbocycles. The summed E-state index contributed by atoms with van der Waals surface area (Å²) in [5.74, 6) is -11.4. The molecule has 0 spiro atoms. The Hall–Kier alpha value is -2.38. The molecule has 1 aliphatic heterocycles. The van der Waals surface area contributed by atoms with Crippen LogP contribution in [0.4, 0.5) is 26.3 Å². The number of carbonyl (C=O) groups is 2. The summed E-state index contributed by atoms with van der Waals surface area (Å²) in [4.78, 5) is 25.3. The highest BCUT2D eigenvalue weighted by Crippen LogP contribution is 2.55. The number of benzene rings is 1. The third-order valence-corrected chi connectivity index (χ3v) is 5.41. The van der Waals surface area contributed by atoms with Gasteiger partial charge in [0.05, 0.1) is 13.2 Å². The predicted molar refractivity (Wildman–Crippen MR) is 99.3 cm³/mol. The van der Waals surface area contributed by atoms with Crippen molar-refractivity contribution in [1.82, 2.24) is 5.32 Å². The van der Waals surface area contributed by atoms with Crippen molar-refractivity contribution in [3.63, 3.8) is 0 Å². The Morgan fingerprint density at radius 3 is 1.55 bits per heavy atom. The van der Waals surface area contributed by atoms with Crippen LogP contribution in [-0.2, 0) is 19.1 Å². The fourth-order valence-electron chi connectivity index (χ4n) is 3.92. The number of esters is 2. The molecule has 3 N–H and O–H groups in total. The topological polar surface area (TPSA) is 105 Å². The maximum Gasteiger partial charge on any atom is 0.432 e. The van der Waals surface area contributed by atoms with E-state index in [9.17, 15) is 46.1 Å². The predicted octanol–water partition coefficient (Wildman–Crippen LogP) is 2.54. The normalized spacial score (nSPS) is 30.6. The van der Waals surface area contributed by atoms with Crippen LogP contribution in [0.2, 0.25) is 0 Å². The van der Waals surface area contributed by atoms with Gasteiger partial charge in [-0.05, 0) is 26.3 Å². The Labute approximate surface area is 184 Å². The molecule has 0 radical (unpaired) electrons. The quantitative estimate of drug-likeness (QED) is 0.433. The van der Waals surface area contributed by atoms with E-state index < -0.39 is 66.7 Å². The van der Waals surface area contributed by atoms with E-state index in [4.69, 9.17) is 0 Å². The Kier molecular flexibility index (Phi) is 7.41. The molecule has 5 atom stereocenters. The van der Waals surface area contributed by atoms with Crippen LogP contribution in [-0.4, -0.2) is 59.2 Å². The average molecular weight is 487 g/mol. The van der Waals surface area contributed by atoms with E-state index in [1.54, 1.807) is 6.92 Å². The van der Waals surface area contributed by atoms with Crippen molar-refractivity contribution < 1.29 is 55.6 Å². The van der Waals surface area contributed by atoms with Crippen molar-refractivity contribution >= 4 is 11.9 Å². The second kappa shape index (κ2) is 9.11. The van der Waals surface area contributed by atoms with Gasteiger partial charge in [-0.25, -0.2) is 5.32 Å². The first-order valence-electron chi connectivity index (χ1n) is 9.82. The number of alkyl halides is 6. The van der Waals surface area contributed by atoms with E-state index in [2.05, 4.69) is 9.47 Å². The second-order valence-electron chi connectivity index (χ2n) is 7.55. The monoisotopic (exact) mass is 487 g/mol. The van der Waals surface area contributed by atoms with Gasteiger partial charge in [0.15, 0.2) is 0 Å². The van der Waals surface area contributed by atoms with Gasteiger partial charge in [-0.3, -0.25) is 9.59 Å². The highest BCUT2D eigenvalue weighted by Gasteiger charge is 2.78. The van der Waals surface area contributed by atoms with E-state index in [0.29, 0.717) is 5.56 Å². The summed E-state index contributed by atoms with van der Waals surface area (Å²) < 4.78 is 93.4. The molecular weight excluding hydrogens is 464 g/mol. The van der Waals surface area contributed by atoms with Gasteiger partial charge in [-0.2, -0.15) is 26.3 Å². The molecule has 0 aliphatic carbocycles. The molecule has 0 saturated carbocycles. The minimum absolute atomic E-state index is 0.358. The molecule has 1 aromatic rings. The zero-order valence-corrected chi connectivity index (χ0v) is 17.8. The fourth-order valence-corrected chi connectivity index (χ4v) is 3.92. The third kappa shape index (κ3) is 4.66. The zero-order valence-electron chi connectivity index (χ0n) is 17.8. The first-order valence-corrected chi connectivity index (χ1v) is 9.82. The van der Waals surface area contributed by atoms with Crippen molar-refractivity contribution in [2.45, 2.75) is 50.5 Å². The number of nitrogens with one attached hydrogen (secondary N) is 1. The molecule has 1 heterocycles. The second-order valence-corrected chi connectivity index (χ2v) is 7.55. The van der Waals surface area contributed by atoms with Crippen molar-refractivity contribution in [1.29, 1.82) is 0 Å². The number of carbonyl (C=O) groups excluding carboxylic acids is 2. The Balaban J connectivity index is 2.95. The first-order chi connectivity index (χ1) is 15.0. The van der Waals surface area contributed by atoms with Crippen LogP contribution in [0, 0.1) is 18.8 Å². The number of piperidine rings is 1. The molecule has 2 unspecified atom stereocenters. The Bertz CT molecular complexity index is 825. The highest BCUT2D eigenvalue weighted by atomic mass is 19.4. The van der Waals surface area contributed by atoms with Crippen molar-refractivity contribution in [3.05, 3.63) is 35.4 Å². The molecule has 7 nitrogen and oxygen atoms in total. The molecule has 0 aromatic heterocycles. The lowest BCUT2D eigenvalue weighted by molar-refractivity contribution is -0.376. The standard InChI is InChI=1S/C20H23F6NO6/c1-4-32-15(28)13-12(11-8-6-10(3)7-9-11)14(16(29)33-5-2)18(31,20(24,25)26)27-17(13,30)19(21,22)23/h6-9,12-14,27,30-31H,4-5H2,1-3H3/t12?,13-,14?,17+,18-/m0/s1. The number of aliphatic hydroxyl groups is 2. The molecule has 1 fully saturated rings. The molecule has 186 valence electrons. The number of hydrogen-bond donors (Lipinski definition) is 3. The van der Waals surface area contributed by atoms with Crippen molar-refractivity contribution in [2.24, 2.45) is 11.8 Å². The summed E-state index contributed by atoms with van der Waals surface area (Å²) in [6, 6.07) is 4.83. The third-order valence-electron chi connectivity index (χ3n) is 5.41. The van der Waals surface area contributed by atoms with E-state index in [1.165, 1.54) is 26.0 Å². The zero-order chi connectivity index (χ0) is 25.4. The average Bonchev–Trinajstić information content (AvgIpc) is 2.66. The minimum atomic E-state index is -5.91. The molecule has 33 heavy (non-hydrogen) atoms. The molecule has 13 heteroatoms. The van der Waals surface area contributed by atoms with Crippen molar-refractivity contribution in [3.8, 4) is 0 Å². The summed E-state index contributed by atoms with van der Waals surface area (Å²) in [7, 11) is 0. The largest absolute Gasteiger partial charge is 0.466 e. The van der Waals surface area contributed by atoms with Gasteiger partial charge in [-0.15, -0.1) is 0 Å². The van der Waals surface area contributed by atoms with Crippen LogP contribution >= 0.6 is 0 Å². The molecule has 2 rings (SSSR count). The molecule has 1 aliphatic rings. The summed E-state index contributed by atoms with van der Waals surface area (Å²) in [6.07, 6.45) is -11.8. The van der Waals surface area contributed by atoms with Crippen LogP contribution in [0.15, 0.2) is 24.3 Å². The lowest BCUT2D eigenvalue weighted by Gasteiger charge is -2.54. The highest BCUT2D eigenvalue weighted by molar-refractivity contribution is 5.81. The van der Waals surface area contributed by atoms with Gasteiger partial charge in [0.25, 0.3) is 0 Å². The van der Waals surface area contributed by atoms with Gasteiger partial charge in [-0.1, -0.05) is 29.8 Å². The molecule has 0 amide bonds. The van der Waals surface area contributed by atoms with E-state index >= 15 is 0 Å². The first kappa shape index (κ1) is 26.9. The maximum atomic E-state index is 14.0. The summed E-state index contributed by atoms with van der Waals surface area (Å²) in [6.45, 7) is 3.10. The number of rotatable bonds is 5. The molecular formula is C20H23F6NO6.